The number of aryl methyl sites for hydroxylation is 1. The third-order valence-electron chi connectivity index (χ3n) is 4.74. The molecule has 9 heteroatoms. The first-order chi connectivity index (χ1) is 13.2. The lowest BCUT2D eigenvalue weighted by molar-refractivity contribution is -0.384. The first-order valence-electron chi connectivity index (χ1n) is 8.83. The molecule has 1 heterocycles. The summed E-state index contributed by atoms with van der Waals surface area (Å²) >= 11 is 0. The molecule has 8 nitrogen and oxygen atoms in total. The SMILES string of the molecule is C[C@@H](C(=O)N1CCCc2ccccc21)N(c1cccc([N+](=O)[O-])c1)S(C)(=O)=O. The van der Waals surface area contributed by atoms with Gasteiger partial charge in [0.05, 0.1) is 16.9 Å². The number of carbonyl (C=O) groups is 1. The molecule has 0 radical (unpaired) electrons. The van der Waals surface area contributed by atoms with Crippen molar-refractivity contribution in [1.82, 2.24) is 0 Å². The summed E-state index contributed by atoms with van der Waals surface area (Å²) in [5, 5.41) is 11.1. The number of nitro benzene ring substituents is 1. The van der Waals surface area contributed by atoms with Crippen molar-refractivity contribution in [2.24, 2.45) is 0 Å². The Morgan fingerprint density at radius 1 is 1.21 bits per heavy atom. The molecule has 1 aliphatic rings. The van der Waals surface area contributed by atoms with E-state index in [1.54, 1.807) is 4.90 Å². The Kier molecular flexibility index (Phi) is 5.37. The summed E-state index contributed by atoms with van der Waals surface area (Å²) in [7, 11) is -3.86. The Bertz CT molecular complexity index is 1020. The van der Waals surface area contributed by atoms with Crippen LogP contribution in [0.2, 0.25) is 0 Å². The van der Waals surface area contributed by atoms with Gasteiger partial charge >= 0.3 is 0 Å². The van der Waals surface area contributed by atoms with Crippen molar-refractivity contribution in [3.8, 4) is 0 Å². The van der Waals surface area contributed by atoms with E-state index in [1.165, 1.54) is 25.1 Å². The van der Waals surface area contributed by atoms with Crippen molar-refractivity contribution >= 4 is 33.0 Å². The molecule has 0 saturated carbocycles. The van der Waals surface area contributed by atoms with Crippen LogP contribution in [0.3, 0.4) is 0 Å². The van der Waals surface area contributed by atoms with Crippen LogP contribution in [0.15, 0.2) is 48.5 Å². The molecule has 28 heavy (non-hydrogen) atoms. The average Bonchev–Trinajstić information content (AvgIpc) is 2.66. The number of benzene rings is 2. The molecule has 148 valence electrons. The maximum absolute atomic E-state index is 13.2. The van der Waals surface area contributed by atoms with Gasteiger partial charge in [0.15, 0.2) is 0 Å². The minimum atomic E-state index is -3.86. The van der Waals surface area contributed by atoms with E-state index in [-0.39, 0.29) is 17.3 Å². The van der Waals surface area contributed by atoms with Crippen LogP contribution >= 0.6 is 0 Å². The summed E-state index contributed by atoms with van der Waals surface area (Å²) in [4.78, 5) is 25.3. The Morgan fingerprint density at radius 3 is 2.61 bits per heavy atom. The quantitative estimate of drug-likeness (QED) is 0.564. The first-order valence-corrected chi connectivity index (χ1v) is 10.7. The molecule has 2 aromatic rings. The van der Waals surface area contributed by atoms with Gasteiger partial charge in [-0.2, -0.15) is 0 Å². The number of nitro groups is 1. The maximum Gasteiger partial charge on any atom is 0.271 e. The number of sulfonamides is 1. The highest BCUT2D eigenvalue weighted by Crippen LogP contribution is 2.30. The molecule has 3 rings (SSSR count). The highest BCUT2D eigenvalue weighted by molar-refractivity contribution is 7.92. The maximum atomic E-state index is 13.2. The fourth-order valence-electron chi connectivity index (χ4n) is 3.53. The molecule has 0 saturated heterocycles. The predicted molar refractivity (Wildman–Crippen MR) is 107 cm³/mol. The lowest BCUT2D eigenvalue weighted by Gasteiger charge is -2.35. The van der Waals surface area contributed by atoms with E-state index in [0.717, 1.165) is 40.7 Å². The molecule has 2 aromatic carbocycles. The average molecular weight is 403 g/mol. The summed E-state index contributed by atoms with van der Waals surface area (Å²) in [6.07, 6.45) is 2.62. The van der Waals surface area contributed by atoms with Gasteiger partial charge in [0, 0.05) is 24.4 Å². The third-order valence-corrected chi connectivity index (χ3v) is 5.98. The van der Waals surface area contributed by atoms with Gasteiger partial charge in [0.1, 0.15) is 6.04 Å². The van der Waals surface area contributed by atoms with Gasteiger partial charge in [-0.15, -0.1) is 0 Å². The van der Waals surface area contributed by atoms with Crippen molar-refractivity contribution < 1.29 is 18.1 Å². The number of carbonyl (C=O) groups excluding carboxylic acids is 1. The molecule has 0 unspecified atom stereocenters. The molecular formula is C19H21N3O5S. The zero-order valence-electron chi connectivity index (χ0n) is 15.6. The van der Waals surface area contributed by atoms with Gasteiger partial charge in [-0.05, 0) is 37.5 Å². The summed E-state index contributed by atoms with van der Waals surface area (Å²) in [6.45, 7) is 1.99. The molecule has 0 aromatic heterocycles. The number of para-hydroxylation sites is 1. The van der Waals surface area contributed by atoms with Crippen LogP contribution in [0, 0.1) is 10.1 Å². The number of hydrogen-bond donors (Lipinski definition) is 0. The zero-order valence-corrected chi connectivity index (χ0v) is 16.4. The van der Waals surface area contributed by atoms with E-state index in [9.17, 15) is 23.3 Å². The highest BCUT2D eigenvalue weighted by atomic mass is 32.2. The molecular weight excluding hydrogens is 382 g/mol. The van der Waals surface area contributed by atoms with E-state index in [1.807, 2.05) is 24.3 Å². The zero-order chi connectivity index (χ0) is 20.5. The number of rotatable bonds is 5. The van der Waals surface area contributed by atoms with Gasteiger partial charge in [-0.1, -0.05) is 24.3 Å². The van der Waals surface area contributed by atoms with Gasteiger partial charge < -0.3 is 4.90 Å². The van der Waals surface area contributed by atoms with Crippen molar-refractivity contribution in [2.75, 3.05) is 22.0 Å². The summed E-state index contributed by atoms with van der Waals surface area (Å²) in [5.74, 6) is -0.371. The minimum absolute atomic E-state index is 0.0860. The number of anilines is 2. The molecule has 1 amide bonds. The van der Waals surface area contributed by atoms with Gasteiger partial charge in [-0.25, -0.2) is 8.42 Å². The molecule has 0 aliphatic carbocycles. The second kappa shape index (κ2) is 7.59. The summed E-state index contributed by atoms with van der Waals surface area (Å²) in [5.41, 5.74) is 1.66. The number of hydrogen-bond acceptors (Lipinski definition) is 5. The van der Waals surface area contributed by atoms with Crippen LogP contribution in [0.25, 0.3) is 0 Å². The summed E-state index contributed by atoms with van der Waals surface area (Å²) in [6, 6.07) is 11.8. The molecule has 0 spiro atoms. The first kappa shape index (κ1) is 19.8. The molecule has 1 aliphatic heterocycles. The van der Waals surface area contributed by atoms with Crippen LogP contribution in [-0.2, 0) is 21.2 Å². The predicted octanol–water partition coefficient (Wildman–Crippen LogP) is 2.73. The Morgan fingerprint density at radius 2 is 1.93 bits per heavy atom. The van der Waals surface area contributed by atoms with Crippen LogP contribution < -0.4 is 9.21 Å². The minimum Gasteiger partial charge on any atom is -0.310 e. The van der Waals surface area contributed by atoms with E-state index < -0.39 is 21.0 Å². The highest BCUT2D eigenvalue weighted by Gasteiger charge is 2.34. The fraction of sp³-hybridized carbons (Fsp3) is 0.316. The van der Waals surface area contributed by atoms with Crippen molar-refractivity contribution in [3.05, 3.63) is 64.2 Å². The number of amides is 1. The van der Waals surface area contributed by atoms with E-state index >= 15 is 0 Å². The van der Waals surface area contributed by atoms with Gasteiger partial charge in [0.25, 0.3) is 11.6 Å². The lowest BCUT2D eigenvalue weighted by Crippen LogP contribution is -2.50. The van der Waals surface area contributed by atoms with Crippen molar-refractivity contribution in [1.29, 1.82) is 0 Å². The third kappa shape index (κ3) is 3.84. The molecule has 1 atom stereocenters. The van der Waals surface area contributed by atoms with E-state index in [4.69, 9.17) is 0 Å². The number of non-ortho nitro benzene ring substituents is 1. The second-order valence-electron chi connectivity index (χ2n) is 6.73. The topological polar surface area (TPSA) is 101 Å². The van der Waals surface area contributed by atoms with Crippen LogP contribution in [-0.4, -0.2) is 38.1 Å². The largest absolute Gasteiger partial charge is 0.310 e. The molecule has 0 bridgehead atoms. The van der Waals surface area contributed by atoms with Gasteiger partial charge in [-0.3, -0.25) is 19.2 Å². The van der Waals surface area contributed by atoms with Crippen molar-refractivity contribution in [3.63, 3.8) is 0 Å². The standard InChI is InChI=1S/C19H21N3O5S/c1-14(19(23)20-12-6-8-15-7-3-4-11-18(15)20)21(28(2,26)27)16-9-5-10-17(13-16)22(24)25/h3-5,7,9-11,13-14H,6,8,12H2,1-2H3/t14-/m0/s1. The number of nitrogens with zero attached hydrogens (tertiary/aromatic N) is 3. The van der Waals surface area contributed by atoms with Crippen molar-refractivity contribution in [2.45, 2.75) is 25.8 Å². The van der Waals surface area contributed by atoms with Crippen LogP contribution in [0.5, 0.6) is 0 Å². The van der Waals surface area contributed by atoms with E-state index in [2.05, 4.69) is 0 Å². The van der Waals surface area contributed by atoms with E-state index in [0.29, 0.717) is 6.54 Å². The van der Waals surface area contributed by atoms with Crippen LogP contribution in [0.1, 0.15) is 18.9 Å². The normalized spacial score (nSPS) is 14.9. The number of fused-ring (bicyclic) bond motifs is 1. The fourth-order valence-corrected chi connectivity index (χ4v) is 4.70. The Balaban J connectivity index is 2.00. The van der Waals surface area contributed by atoms with Gasteiger partial charge in [0.2, 0.25) is 10.0 Å². The monoisotopic (exact) mass is 403 g/mol. The summed E-state index contributed by atoms with van der Waals surface area (Å²) < 4.78 is 25.9. The Labute approximate surface area is 163 Å². The Hall–Kier alpha value is -2.94. The molecule has 0 N–H and O–H groups in total. The van der Waals surface area contributed by atoms with Crippen LogP contribution in [0.4, 0.5) is 17.1 Å². The molecule has 0 fully saturated rings. The second-order valence-corrected chi connectivity index (χ2v) is 8.59. The lowest BCUT2D eigenvalue weighted by atomic mass is 10.0. The smallest absolute Gasteiger partial charge is 0.271 e.